The summed E-state index contributed by atoms with van der Waals surface area (Å²) >= 11 is 6.86. The predicted octanol–water partition coefficient (Wildman–Crippen LogP) is 4.02. The molecule has 1 fully saturated rings. The van der Waals surface area contributed by atoms with Gasteiger partial charge in [-0.05, 0) is 61.9 Å². The van der Waals surface area contributed by atoms with Crippen LogP contribution in [0.4, 0.5) is 0 Å². The number of benzene rings is 1. The topological polar surface area (TPSA) is 49.7 Å². The van der Waals surface area contributed by atoms with E-state index < -0.39 is 6.10 Å². The maximum Gasteiger partial charge on any atom is 0.147 e. The molecule has 1 unspecified atom stereocenters. The normalized spacial score (nSPS) is 17.4. The highest BCUT2D eigenvalue weighted by Gasteiger charge is 2.19. The Hall–Kier alpha value is -0.100. The molecule has 0 spiro atoms. The number of ether oxygens (including phenoxy) is 1. The number of rotatable bonds is 6. The lowest BCUT2D eigenvalue weighted by Gasteiger charge is -2.17. The third-order valence-electron chi connectivity index (χ3n) is 3.74. The summed E-state index contributed by atoms with van der Waals surface area (Å²) in [6.45, 7) is 0.286. The Kier molecular flexibility index (Phi) is 6.33. The summed E-state index contributed by atoms with van der Waals surface area (Å²) < 4.78 is 7.28. The molecule has 0 heterocycles. The minimum Gasteiger partial charge on any atom is -0.489 e. The van der Waals surface area contributed by atoms with Gasteiger partial charge in [0.2, 0.25) is 0 Å². The standard InChI is InChI=1S/C15H20Br2O3/c16-13-6-11(8-18)7-14(17)15(13)20-9-12(19)5-10-3-1-2-4-10/h6-7,10,12,18-19H,1-5,8-9H2. The second kappa shape index (κ2) is 7.78. The van der Waals surface area contributed by atoms with Crippen molar-refractivity contribution in [3.8, 4) is 5.75 Å². The van der Waals surface area contributed by atoms with Gasteiger partial charge in [-0.25, -0.2) is 0 Å². The van der Waals surface area contributed by atoms with Crippen molar-refractivity contribution in [3.05, 3.63) is 26.6 Å². The average Bonchev–Trinajstić information content (AvgIpc) is 2.90. The molecule has 1 atom stereocenters. The van der Waals surface area contributed by atoms with Gasteiger partial charge >= 0.3 is 0 Å². The highest BCUT2D eigenvalue weighted by atomic mass is 79.9. The zero-order valence-corrected chi connectivity index (χ0v) is 14.5. The molecule has 112 valence electrons. The Balaban J connectivity index is 1.89. The van der Waals surface area contributed by atoms with Crippen LogP contribution < -0.4 is 4.74 Å². The molecule has 1 saturated carbocycles. The largest absolute Gasteiger partial charge is 0.489 e. The molecule has 0 bridgehead atoms. The first-order valence-electron chi connectivity index (χ1n) is 6.99. The molecule has 20 heavy (non-hydrogen) atoms. The van der Waals surface area contributed by atoms with Crippen LogP contribution in [-0.4, -0.2) is 22.9 Å². The highest BCUT2D eigenvalue weighted by molar-refractivity contribution is 9.11. The quantitative estimate of drug-likeness (QED) is 0.748. The van der Waals surface area contributed by atoms with Crippen LogP contribution in [0.5, 0.6) is 5.75 Å². The molecule has 0 aromatic heterocycles. The van der Waals surface area contributed by atoms with Gasteiger partial charge in [-0.1, -0.05) is 25.7 Å². The van der Waals surface area contributed by atoms with Crippen molar-refractivity contribution in [1.82, 2.24) is 0 Å². The molecule has 0 saturated heterocycles. The van der Waals surface area contributed by atoms with Gasteiger partial charge in [0, 0.05) is 0 Å². The van der Waals surface area contributed by atoms with Gasteiger partial charge in [0.05, 0.1) is 21.7 Å². The first-order chi connectivity index (χ1) is 9.60. The van der Waals surface area contributed by atoms with E-state index in [4.69, 9.17) is 9.84 Å². The average molecular weight is 408 g/mol. The van der Waals surface area contributed by atoms with Crippen LogP contribution in [-0.2, 0) is 6.61 Å². The van der Waals surface area contributed by atoms with Crippen molar-refractivity contribution < 1.29 is 14.9 Å². The predicted molar refractivity (Wildman–Crippen MR) is 85.8 cm³/mol. The lowest BCUT2D eigenvalue weighted by Crippen LogP contribution is -2.20. The van der Waals surface area contributed by atoms with Crippen LogP contribution in [0.25, 0.3) is 0 Å². The zero-order valence-electron chi connectivity index (χ0n) is 11.3. The van der Waals surface area contributed by atoms with Crippen molar-refractivity contribution in [2.24, 2.45) is 5.92 Å². The summed E-state index contributed by atoms with van der Waals surface area (Å²) in [5.41, 5.74) is 0.808. The molecule has 0 amide bonds. The summed E-state index contributed by atoms with van der Waals surface area (Å²) in [6, 6.07) is 3.65. The van der Waals surface area contributed by atoms with Crippen LogP contribution in [0, 0.1) is 5.92 Å². The Labute approximate surface area is 136 Å². The van der Waals surface area contributed by atoms with E-state index in [0.717, 1.165) is 20.9 Å². The summed E-state index contributed by atoms with van der Waals surface area (Å²) in [5, 5.41) is 19.2. The van der Waals surface area contributed by atoms with E-state index in [2.05, 4.69) is 31.9 Å². The Morgan fingerprint density at radius 1 is 1.20 bits per heavy atom. The number of aliphatic hydroxyl groups excluding tert-OH is 2. The lowest BCUT2D eigenvalue weighted by molar-refractivity contribution is 0.0848. The number of hydrogen-bond donors (Lipinski definition) is 2. The molecule has 0 aliphatic heterocycles. The number of aliphatic hydroxyl groups is 2. The maximum absolute atomic E-state index is 10.1. The molecule has 0 radical (unpaired) electrons. The minimum absolute atomic E-state index is 0.0121. The van der Waals surface area contributed by atoms with Crippen LogP contribution in [0.3, 0.4) is 0 Å². The SMILES string of the molecule is OCc1cc(Br)c(OCC(O)CC2CCCC2)c(Br)c1. The van der Waals surface area contributed by atoms with E-state index >= 15 is 0 Å². The second-order valence-electron chi connectivity index (χ2n) is 5.40. The Morgan fingerprint density at radius 3 is 2.35 bits per heavy atom. The van der Waals surface area contributed by atoms with E-state index in [1.165, 1.54) is 25.7 Å². The third kappa shape index (κ3) is 4.45. The molecule has 1 aromatic rings. The van der Waals surface area contributed by atoms with Crippen LogP contribution >= 0.6 is 31.9 Å². The van der Waals surface area contributed by atoms with Gasteiger partial charge in [-0.2, -0.15) is 0 Å². The third-order valence-corrected chi connectivity index (χ3v) is 4.92. The Bertz CT molecular complexity index is 422. The summed E-state index contributed by atoms with van der Waals surface area (Å²) in [4.78, 5) is 0. The van der Waals surface area contributed by atoms with Crippen LogP contribution in [0.15, 0.2) is 21.1 Å². The van der Waals surface area contributed by atoms with Gasteiger partial charge in [0.15, 0.2) is 0 Å². The van der Waals surface area contributed by atoms with Gasteiger partial charge in [0.25, 0.3) is 0 Å². The van der Waals surface area contributed by atoms with Crippen LogP contribution in [0.1, 0.15) is 37.7 Å². The Morgan fingerprint density at radius 2 is 1.80 bits per heavy atom. The fourth-order valence-corrected chi connectivity index (χ4v) is 4.23. The van der Waals surface area contributed by atoms with Gasteiger partial charge in [-0.15, -0.1) is 0 Å². The molecule has 2 rings (SSSR count). The van der Waals surface area contributed by atoms with Gasteiger partial charge in [-0.3, -0.25) is 0 Å². The van der Waals surface area contributed by atoms with E-state index in [9.17, 15) is 5.11 Å². The minimum atomic E-state index is -0.422. The molecule has 1 aliphatic rings. The maximum atomic E-state index is 10.1. The molecule has 3 nitrogen and oxygen atoms in total. The van der Waals surface area contributed by atoms with E-state index in [0.29, 0.717) is 18.3 Å². The van der Waals surface area contributed by atoms with Gasteiger partial charge in [0.1, 0.15) is 12.4 Å². The molecule has 1 aliphatic carbocycles. The highest BCUT2D eigenvalue weighted by Crippen LogP contribution is 2.35. The van der Waals surface area contributed by atoms with Crippen molar-refractivity contribution in [2.45, 2.75) is 44.8 Å². The smallest absolute Gasteiger partial charge is 0.147 e. The van der Waals surface area contributed by atoms with Crippen molar-refractivity contribution >= 4 is 31.9 Å². The second-order valence-corrected chi connectivity index (χ2v) is 7.11. The zero-order chi connectivity index (χ0) is 14.5. The number of hydrogen-bond acceptors (Lipinski definition) is 3. The molecule has 2 N–H and O–H groups in total. The first kappa shape index (κ1) is 16.3. The molecular formula is C15H20Br2O3. The summed E-state index contributed by atoms with van der Waals surface area (Å²) in [7, 11) is 0. The van der Waals surface area contributed by atoms with Crippen molar-refractivity contribution in [2.75, 3.05) is 6.61 Å². The van der Waals surface area contributed by atoms with Crippen LogP contribution in [0.2, 0.25) is 0 Å². The number of halogens is 2. The fourth-order valence-electron chi connectivity index (χ4n) is 2.72. The van der Waals surface area contributed by atoms with E-state index in [1.807, 2.05) is 12.1 Å². The van der Waals surface area contributed by atoms with E-state index in [-0.39, 0.29) is 6.61 Å². The molecular weight excluding hydrogens is 388 g/mol. The fraction of sp³-hybridized carbons (Fsp3) is 0.600. The van der Waals surface area contributed by atoms with Gasteiger partial charge < -0.3 is 14.9 Å². The molecule has 1 aromatic carbocycles. The molecule has 5 heteroatoms. The van der Waals surface area contributed by atoms with E-state index in [1.54, 1.807) is 0 Å². The van der Waals surface area contributed by atoms with Crippen molar-refractivity contribution in [1.29, 1.82) is 0 Å². The monoisotopic (exact) mass is 406 g/mol. The summed E-state index contributed by atoms with van der Waals surface area (Å²) in [5.74, 6) is 1.32. The first-order valence-corrected chi connectivity index (χ1v) is 8.58. The summed E-state index contributed by atoms with van der Waals surface area (Å²) in [6.07, 6.45) is 5.44. The lowest BCUT2D eigenvalue weighted by atomic mass is 10.0. The van der Waals surface area contributed by atoms with Crippen molar-refractivity contribution in [3.63, 3.8) is 0 Å².